The van der Waals surface area contributed by atoms with E-state index in [0.29, 0.717) is 0 Å². The largest absolute Gasteiger partial charge is 0.266 e. The number of aryl methyl sites for hydroxylation is 1. The van der Waals surface area contributed by atoms with Gasteiger partial charge in [-0.25, -0.2) is 0 Å². The average molecular weight is 189 g/mol. The van der Waals surface area contributed by atoms with Crippen LogP contribution in [0.15, 0.2) is 30.3 Å². The number of hydrogen-bond acceptors (Lipinski definition) is 2. The van der Waals surface area contributed by atoms with Crippen molar-refractivity contribution in [2.45, 2.75) is 26.4 Å². The summed E-state index contributed by atoms with van der Waals surface area (Å²) < 4.78 is 0. The van der Waals surface area contributed by atoms with Gasteiger partial charge in [0.05, 0.1) is 5.70 Å². The van der Waals surface area contributed by atoms with Gasteiger partial charge in [-0.2, -0.15) is 0 Å². The molecule has 1 aromatic carbocycles. The van der Waals surface area contributed by atoms with Gasteiger partial charge >= 0.3 is 0 Å². The lowest BCUT2D eigenvalue weighted by atomic mass is 10.1. The minimum atomic E-state index is -0.208. The van der Waals surface area contributed by atoms with Crippen LogP contribution in [-0.2, 0) is 4.84 Å². The first-order valence-corrected chi connectivity index (χ1v) is 4.81. The molecule has 2 heteroatoms. The number of rotatable bonds is 1. The number of hydrogen-bond donors (Lipinski definition) is 1. The molecule has 0 fully saturated rings. The second-order valence-electron chi connectivity index (χ2n) is 4.23. The molecule has 1 N–H and O–H groups in total. The van der Waals surface area contributed by atoms with Crippen LogP contribution >= 0.6 is 0 Å². The summed E-state index contributed by atoms with van der Waals surface area (Å²) in [6.07, 6.45) is 2.09. The molecule has 1 aliphatic heterocycles. The van der Waals surface area contributed by atoms with Crippen molar-refractivity contribution in [2.75, 3.05) is 0 Å². The third-order valence-electron chi connectivity index (χ3n) is 2.28. The summed E-state index contributed by atoms with van der Waals surface area (Å²) in [6, 6.07) is 8.39. The van der Waals surface area contributed by atoms with Crippen LogP contribution in [0.3, 0.4) is 0 Å². The Hall–Kier alpha value is -1.28. The van der Waals surface area contributed by atoms with Crippen molar-refractivity contribution < 1.29 is 4.84 Å². The van der Waals surface area contributed by atoms with E-state index in [1.165, 1.54) is 11.1 Å². The van der Waals surface area contributed by atoms with E-state index in [0.717, 1.165) is 5.70 Å². The van der Waals surface area contributed by atoms with Crippen molar-refractivity contribution in [1.29, 1.82) is 0 Å². The Balaban J connectivity index is 2.29. The van der Waals surface area contributed by atoms with Crippen LogP contribution in [0.1, 0.15) is 25.0 Å². The van der Waals surface area contributed by atoms with Crippen molar-refractivity contribution in [3.8, 4) is 0 Å². The Morgan fingerprint density at radius 1 is 1.14 bits per heavy atom. The summed E-state index contributed by atoms with van der Waals surface area (Å²) in [5.74, 6) is 0. The summed E-state index contributed by atoms with van der Waals surface area (Å²) in [7, 11) is 0. The van der Waals surface area contributed by atoms with Gasteiger partial charge in [-0.3, -0.25) is 10.3 Å². The Bertz CT molecular complexity index is 362. The molecule has 0 aliphatic carbocycles. The van der Waals surface area contributed by atoms with E-state index in [-0.39, 0.29) is 5.60 Å². The Kier molecular flexibility index (Phi) is 2.08. The van der Waals surface area contributed by atoms with Gasteiger partial charge in [0.1, 0.15) is 5.60 Å². The van der Waals surface area contributed by atoms with Crippen molar-refractivity contribution in [3.05, 3.63) is 41.5 Å². The fourth-order valence-corrected chi connectivity index (χ4v) is 1.47. The molecule has 0 spiro atoms. The third-order valence-corrected chi connectivity index (χ3v) is 2.28. The number of nitrogens with one attached hydrogen (secondary N) is 1. The molecule has 0 atom stereocenters. The molecule has 2 nitrogen and oxygen atoms in total. The second kappa shape index (κ2) is 3.14. The standard InChI is InChI=1S/C12H15NO/c1-9-4-6-10(7-5-9)11-8-12(2,3)14-13-11/h4-8,13H,1-3H3. The van der Waals surface area contributed by atoms with E-state index >= 15 is 0 Å². The van der Waals surface area contributed by atoms with Crippen LogP contribution in [0.4, 0.5) is 0 Å². The molecule has 14 heavy (non-hydrogen) atoms. The quantitative estimate of drug-likeness (QED) is 0.733. The molecule has 1 aliphatic rings. The topological polar surface area (TPSA) is 21.3 Å². The van der Waals surface area contributed by atoms with Crippen LogP contribution in [0.5, 0.6) is 0 Å². The van der Waals surface area contributed by atoms with E-state index < -0.39 is 0 Å². The monoisotopic (exact) mass is 189 g/mol. The summed E-state index contributed by atoms with van der Waals surface area (Å²) in [6.45, 7) is 6.14. The maximum Gasteiger partial charge on any atom is 0.111 e. The molecule has 2 rings (SSSR count). The van der Waals surface area contributed by atoms with E-state index in [9.17, 15) is 0 Å². The molecule has 0 bridgehead atoms. The average Bonchev–Trinajstić information content (AvgIpc) is 2.47. The predicted molar refractivity (Wildman–Crippen MR) is 57.5 cm³/mol. The van der Waals surface area contributed by atoms with Gasteiger partial charge in [0.2, 0.25) is 0 Å². The highest BCUT2D eigenvalue weighted by atomic mass is 16.7. The van der Waals surface area contributed by atoms with E-state index in [4.69, 9.17) is 4.84 Å². The van der Waals surface area contributed by atoms with Gasteiger partial charge < -0.3 is 0 Å². The van der Waals surface area contributed by atoms with Gasteiger partial charge in [0, 0.05) is 0 Å². The molecule has 0 saturated carbocycles. The lowest BCUT2D eigenvalue weighted by Crippen LogP contribution is -2.20. The lowest BCUT2D eigenvalue weighted by molar-refractivity contribution is -0.00839. The van der Waals surface area contributed by atoms with Crippen LogP contribution < -0.4 is 5.48 Å². The fourth-order valence-electron chi connectivity index (χ4n) is 1.47. The van der Waals surface area contributed by atoms with E-state index in [2.05, 4.69) is 42.7 Å². The minimum Gasteiger partial charge on any atom is -0.266 e. The van der Waals surface area contributed by atoms with Crippen LogP contribution in [0.2, 0.25) is 0 Å². The molecular formula is C12H15NO. The molecule has 0 unspecified atom stereocenters. The molecular weight excluding hydrogens is 174 g/mol. The van der Waals surface area contributed by atoms with Crippen molar-refractivity contribution in [2.24, 2.45) is 0 Å². The highest BCUT2D eigenvalue weighted by Gasteiger charge is 2.24. The van der Waals surface area contributed by atoms with Crippen LogP contribution in [0, 0.1) is 6.92 Å². The molecule has 74 valence electrons. The zero-order valence-corrected chi connectivity index (χ0v) is 8.79. The zero-order valence-electron chi connectivity index (χ0n) is 8.79. The van der Waals surface area contributed by atoms with Crippen LogP contribution in [-0.4, -0.2) is 5.60 Å². The van der Waals surface area contributed by atoms with E-state index in [1.54, 1.807) is 0 Å². The molecule has 0 amide bonds. The first kappa shape index (κ1) is 9.28. The SMILES string of the molecule is Cc1ccc(C2=CC(C)(C)ON2)cc1. The zero-order chi connectivity index (χ0) is 10.2. The van der Waals surface area contributed by atoms with Crippen LogP contribution in [0.25, 0.3) is 5.70 Å². The van der Waals surface area contributed by atoms with Gasteiger partial charge in [0.15, 0.2) is 0 Å². The normalized spacial score (nSPS) is 18.9. The van der Waals surface area contributed by atoms with Gasteiger partial charge in [-0.15, -0.1) is 0 Å². The molecule has 1 heterocycles. The summed E-state index contributed by atoms with van der Waals surface area (Å²) in [5, 5.41) is 0. The van der Waals surface area contributed by atoms with Gasteiger partial charge in [-0.05, 0) is 32.4 Å². The van der Waals surface area contributed by atoms with Crippen molar-refractivity contribution in [3.63, 3.8) is 0 Å². The summed E-state index contributed by atoms with van der Waals surface area (Å²) >= 11 is 0. The molecule has 0 radical (unpaired) electrons. The first-order chi connectivity index (χ1) is 6.57. The Morgan fingerprint density at radius 2 is 1.79 bits per heavy atom. The highest BCUT2D eigenvalue weighted by molar-refractivity contribution is 5.65. The molecule has 0 saturated heterocycles. The Labute approximate surface area is 84.5 Å². The van der Waals surface area contributed by atoms with Gasteiger partial charge in [-0.1, -0.05) is 29.8 Å². The Morgan fingerprint density at radius 3 is 2.29 bits per heavy atom. The fraction of sp³-hybridized carbons (Fsp3) is 0.333. The molecule has 1 aromatic rings. The third kappa shape index (κ3) is 1.80. The van der Waals surface area contributed by atoms with Crippen molar-refractivity contribution >= 4 is 5.70 Å². The van der Waals surface area contributed by atoms with Gasteiger partial charge in [0.25, 0.3) is 0 Å². The first-order valence-electron chi connectivity index (χ1n) is 4.81. The minimum absolute atomic E-state index is 0.208. The number of benzene rings is 1. The predicted octanol–water partition coefficient (Wildman–Crippen LogP) is 2.65. The number of hydroxylamine groups is 1. The lowest BCUT2D eigenvalue weighted by Gasteiger charge is -2.11. The summed E-state index contributed by atoms with van der Waals surface area (Å²) in [5.41, 5.74) is 6.23. The highest BCUT2D eigenvalue weighted by Crippen LogP contribution is 2.24. The second-order valence-corrected chi connectivity index (χ2v) is 4.23. The maximum absolute atomic E-state index is 5.39. The van der Waals surface area contributed by atoms with Crippen molar-refractivity contribution in [1.82, 2.24) is 5.48 Å². The summed E-state index contributed by atoms with van der Waals surface area (Å²) in [4.78, 5) is 5.39. The smallest absolute Gasteiger partial charge is 0.111 e. The van der Waals surface area contributed by atoms with E-state index in [1.807, 2.05) is 13.8 Å². The molecule has 0 aromatic heterocycles. The maximum atomic E-state index is 5.39.